The van der Waals surface area contributed by atoms with Crippen molar-refractivity contribution in [3.05, 3.63) is 66.6 Å². The zero-order valence-corrected chi connectivity index (χ0v) is 11.5. The summed E-state index contributed by atoms with van der Waals surface area (Å²) in [5.74, 6) is -0.0710. The van der Waals surface area contributed by atoms with E-state index in [1.807, 2.05) is 0 Å². The lowest BCUT2D eigenvalue weighted by atomic mass is 10.1. The molecule has 0 fully saturated rings. The fourth-order valence-corrected chi connectivity index (χ4v) is 1.98. The van der Waals surface area contributed by atoms with Crippen LogP contribution in [-0.4, -0.2) is 25.7 Å². The van der Waals surface area contributed by atoms with Crippen molar-refractivity contribution >= 4 is 11.6 Å². The Morgan fingerprint density at radius 3 is 2.77 bits per heavy atom. The maximum atomic E-state index is 12.9. The highest BCUT2D eigenvalue weighted by Crippen LogP contribution is 2.16. The van der Waals surface area contributed by atoms with Gasteiger partial charge in [-0.15, -0.1) is 0 Å². The summed E-state index contributed by atoms with van der Waals surface area (Å²) in [6, 6.07) is 9.26. The van der Waals surface area contributed by atoms with Crippen LogP contribution in [-0.2, 0) is 11.2 Å². The first-order chi connectivity index (χ1) is 10.7. The molecule has 1 amide bonds. The number of anilines is 1. The first-order valence-corrected chi connectivity index (χ1v) is 6.57. The molecule has 0 aliphatic carbocycles. The van der Waals surface area contributed by atoms with Crippen LogP contribution in [0.2, 0.25) is 0 Å². The van der Waals surface area contributed by atoms with Crippen molar-refractivity contribution in [2.24, 2.45) is 0 Å². The van der Waals surface area contributed by atoms with Crippen molar-refractivity contribution < 1.29 is 9.18 Å². The molecule has 0 atom stereocenters. The molecule has 0 saturated heterocycles. The van der Waals surface area contributed by atoms with E-state index in [1.165, 1.54) is 29.5 Å². The van der Waals surface area contributed by atoms with E-state index < -0.39 is 0 Å². The number of carbonyl (C=O) groups excluding carboxylic acids is 1. The molecule has 2 heterocycles. The van der Waals surface area contributed by atoms with E-state index in [4.69, 9.17) is 0 Å². The number of hydrogen-bond acceptors (Lipinski definition) is 4. The summed E-state index contributed by atoms with van der Waals surface area (Å²) in [6.07, 6.45) is 4.63. The number of amides is 1. The number of benzene rings is 1. The molecular formula is C15H12FN5O. The van der Waals surface area contributed by atoms with Crippen molar-refractivity contribution in [3.8, 4) is 5.82 Å². The van der Waals surface area contributed by atoms with Crippen molar-refractivity contribution in [2.75, 3.05) is 5.32 Å². The third-order valence-electron chi connectivity index (χ3n) is 2.97. The molecular weight excluding hydrogens is 285 g/mol. The van der Waals surface area contributed by atoms with E-state index in [0.717, 1.165) is 5.56 Å². The molecule has 2 aromatic heterocycles. The average molecular weight is 297 g/mol. The van der Waals surface area contributed by atoms with Gasteiger partial charge in [0.25, 0.3) is 0 Å². The number of rotatable bonds is 4. The molecule has 7 heteroatoms. The highest BCUT2D eigenvalue weighted by atomic mass is 19.1. The molecule has 6 nitrogen and oxygen atoms in total. The largest absolute Gasteiger partial charge is 0.323 e. The highest BCUT2D eigenvalue weighted by molar-refractivity contribution is 5.93. The number of nitrogens with one attached hydrogen (secondary N) is 1. The van der Waals surface area contributed by atoms with Gasteiger partial charge >= 0.3 is 0 Å². The normalized spacial score (nSPS) is 10.4. The molecule has 0 radical (unpaired) electrons. The van der Waals surface area contributed by atoms with Gasteiger partial charge in [-0.25, -0.2) is 19.0 Å². The Kier molecular flexibility index (Phi) is 3.86. The molecule has 0 aliphatic heterocycles. The van der Waals surface area contributed by atoms with Gasteiger partial charge in [-0.1, -0.05) is 12.1 Å². The Morgan fingerprint density at radius 2 is 2.05 bits per heavy atom. The van der Waals surface area contributed by atoms with Crippen molar-refractivity contribution in [1.82, 2.24) is 19.7 Å². The van der Waals surface area contributed by atoms with Gasteiger partial charge < -0.3 is 5.32 Å². The van der Waals surface area contributed by atoms with Gasteiger partial charge in [-0.2, -0.15) is 5.10 Å². The molecule has 0 unspecified atom stereocenters. The van der Waals surface area contributed by atoms with E-state index in [1.54, 1.807) is 30.5 Å². The van der Waals surface area contributed by atoms with Crippen LogP contribution in [0.25, 0.3) is 5.82 Å². The first kappa shape index (κ1) is 13.9. The monoisotopic (exact) mass is 297 g/mol. The molecule has 0 bridgehead atoms. The summed E-state index contributed by atoms with van der Waals surface area (Å²) in [4.78, 5) is 20.2. The van der Waals surface area contributed by atoms with Gasteiger partial charge in [-0.05, 0) is 29.8 Å². The van der Waals surface area contributed by atoms with E-state index in [2.05, 4.69) is 20.4 Å². The lowest BCUT2D eigenvalue weighted by Crippen LogP contribution is -2.16. The fraction of sp³-hybridized carbons (Fsp3) is 0.0667. The molecule has 22 heavy (non-hydrogen) atoms. The predicted molar refractivity (Wildman–Crippen MR) is 77.9 cm³/mol. The fourth-order valence-electron chi connectivity index (χ4n) is 1.98. The van der Waals surface area contributed by atoms with E-state index >= 15 is 0 Å². The smallest absolute Gasteiger partial charge is 0.228 e. The van der Waals surface area contributed by atoms with E-state index in [9.17, 15) is 9.18 Å². The summed E-state index contributed by atoms with van der Waals surface area (Å²) in [5.41, 5.74) is 1.25. The number of carbonyl (C=O) groups is 1. The van der Waals surface area contributed by atoms with Crippen LogP contribution in [0.3, 0.4) is 0 Å². The number of halogens is 1. The minimum absolute atomic E-state index is 0.145. The Morgan fingerprint density at radius 1 is 1.23 bits per heavy atom. The molecule has 110 valence electrons. The van der Waals surface area contributed by atoms with Crippen LogP contribution in [0, 0.1) is 5.82 Å². The van der Waals surface area contributed by atoms with Crippen LogP contribution in [0.4, 0.5) is 10.1 Å². The van der Waals surface area contributed by atoms with Crippen molar-refractivity contribution in [2.45, 2.75) is 6.42 Å². The Bertz CT molecular complexity index is 771. The molecule has 0 spiro atoms. The first-order valence-electron chi connectivity index (χ1n) is 6.57. The summed E-state index contributed by atoms with van der Waals surface area (Å²) in [7, 11) is 0. The second kappa shape index (κ2) is 6.13. The number of pyridine rings is 1. The zero-order valence-electron chi connectivity index (χ0n) is 11.5. The molecule has 1 aromatic carbocycles. The SMILES string of the molecule is O=C(Cc1ccc(F)cc1)Nc1cccnc1-n1cncn1. The number of hydrogen-bond donors (Lipinski definition) is 1. The van der Waals surface area contributed by atoms with Gasteiger partial charge in [0.05, 0.1) is 12.1 Å². The summed E-state index contributed by atoms with van der Waals surface area (Å²) in [5, 5.41) is 6.78. The van der Waals surface area contributed by atoms with Crippen LogP contribution >= 0.6 is 0 Å². The second-order valence-electron chi connectivity index (χ2n) is 4.57. The molecule has 0 aliphatic rings. The maximum Gasteiger partial charge on any atom is 0.228 e. The topological polar surface area (TPSA) is 72.7 Å². The summed E-state index contributed by atoms with van der Waals surface area (Å²) in [6.45, 7) is 0. The minimum atomic E-state index is -0.329. The molecule has 0 saturated carbocycles. The minimum Gasteiger partial charge on any atom is -0.323 e. The average Bonchev–Trinajstić information content (AvgIpc) is 3.04. The van der Waals surface area contributed by atoms with Gasteiger partial charge in [0.15, 0.2) is 5.82 Å². The number of aromatic nitrogens is 4. The summed E-state index contributed by atoms with van der Waals surface area (Å²) < 4.78 is 14.3. The van der Waals surface area contributed by atoms with Crippen LogP contribution in [0.1, 0.15) is 5.56 Å². The third-order valence-corrected chi connectivity index (χ3v) is 2.97. The van der Waals surface area contributed by atoms with Gasteiger partial charge in [0.2, 0.25) is 5.91 Å². The van der Waals surface area contributed by atoms with Gasteiger partial charge in [-0.3, -0.25) is 4.79 Å². The van der Waals surface area contributed by atoms with Gasteiger partial charge in [0, 0.05) is 6.20 Å². The third kappa shape index (κ3) is 3.14. The van der Waals surface area contributed by atoms with Crippen LogP contribution in [0.5, 0.6) is 0 Å². The highest BCUT2D eigenvalue weighted by Gasteiger charge is 2.10. The van der Waals surface area contributed by atoms with Crippen molar-refractivity contribution in [3.63, 3.8) is 0 Å². The lowest BCUT2D eigenvalue weighted by Gasteiger charge is -2.09. The quantitative estimate of drug-likeness (QED) is 0.799. The standard InChI is InChI=1S/C15H12FN5O/c16-12-5-3-11(4-6-12)8-14(22)20-13-2-1-7-18-15(13)21-10-17-9-19-21/h1-7,9-10H,8H2,(H,20,22). The molecule has 3 rings (SSSR count). The van der Waals surface area contributed by atoms with E-state index in [0.29, 0.717) is 11.5 Å². The molecule has 1 N–H and O–H groups in total. The zero-order chi connectivity index (χ0) is 15.4. The maximum absolute atomic E-state index is 12.9. The van der Waals surface area contributed by atoms with Crippen molar-refractivity contribution in [1.29, 1.82) is 0 Å². The summed E-state index contributed by atoms with van der Waals surface area (Å²) >= 11 is 0. The van der Waals surface area contributed by atoms with Gasteiger partial charge in [0.1, 0.15) is 18.5 Å². The van der Waals surface area contributed by atoms with E-state index in [-0.39, 0.29) is 18.1 Å². The molecule has 3 aromatic rings. The van der Waals surface area contributed by atoms with Crippen LogP contribution < -0.4 is 5.32 Å². The lowest BCUT2D eigenvalue weighted by molar-refractivity contribution is -0.115. The Hall–Kier alpha value is -3.09. The second-order valence-corrected chi connectivity index (χ2v) is 4.57. The van der Waals surface area contributed by atoms with Crippen LogP contribution in [0.15, 0.2) is 55.2 Å². The Balaban J connectivity index is 1.76. The Labute approximate surface area is 125 Å². The predicted octanol–water partition coefficient (Wildman–Crippen LogP) is 1.98. The number of nitrogens with zero attached hydrogens (tertiary/aromatic N) is 4.